The summed E-state index contributed by atoms with van der Waals surface area (Å²) in [6, 6.07) is 14.1. The first-order valence-electron chi connectivity index (χ1n) is 6.33. The number of hydrogen-bond acceptors (Lipinski definition) is 4. The maximum atomic E-state index is 11.2. The van der Waals surface area contributed by atoms with Gasteiger partial charge in [0.2, 0.25) is 10.0 Å². The molecule has 3 rings (SSSR count). The number of sulfonamides is 1. The van der Waals surface area contributed by atoms with Gasteiger partial charge >= 0.3 is 0 Å². The fraction of sp³-hybridized carbons (Fsp3) is 0.0714. The van der Waals surface area contributed by atoms with E-state index in [1.54, 1.807) is 12.1 Å². The van der Waals surface area contributed by atoms with Crippen molar-refractivity contribution in [1.82, 2.24) is 10.2 Å². The number of anilines is 1. The van der Waals surface area contributed by atoms with Gasteiger partial charge in [-0.05, 0) is 30.3 Å². The lowest BCUT2D eigenvalue weighted by Crippen LogP contribution is -2.12. The molecule has 0 aliphatic carbocycles. The third kappa shape index (κ3) is 2.88. The van der Waals surface area contributed by atoms with Crippen molar-refractivity contribution in [3.63, 3.8) is 0 Å². The number of nitrogens with zero attached hydrogens (tertiary/aromatic N) is 1. The first kappa shape index (κ1) is 13.6. The molecule has 0 radical (unpaired) electrons. The van der Waals surface area contributed by atoms with Crippen LogP contribution in [0, 0.1) is 0 Å². The molecular weight excluding hydrogens is 288 g/mol. The molecule has 0 fully saturated rings. The minimum atomic E-state index is -3.65. The van der Waals surface area contributed by atoms with Crippen molar-refractivity contribution in [2.75, 3.05) is 5.32 Å². The molecule has 2 aromatic carbocycles. The smallest absolute Gasteiger partial charge is 0.238 e. The quantitative estimate of drug-likeness (QED) is 0.684. The number of primary sulfonamides is 1. The Bertz CT molecular complexity index is 869. The largest absolute Gasteiger partial charge is 0.379 e. The number of nitrogens with one attached hydrogen (secondary N) is 2. The monoisotopic (exact) mass is 302 g/mol. The van der Waals surface area contributed by atoms with Crippen LogP contribution in [0.15, 0.2) is 53.4 Å². The Morgan fingerprint density at radius 3 is 2.52 bits per heavy atom. The van der Waals surface area contributed by atoms with Gasteiger partial charge < -0.3 is 5.32 Å². The highest BCUT2D eigenvalue weighted by Gasteiger charge is 2.07. The highest BCUT2D eigenvalue weighted by atomic mass is 32.2. The van der Waals surface area contributed by atoms with Gasteiger partial charge in [0.1, 0.15) is 0 Å². The molecule has 0 aliphatic rings. The maximum Gasteiger partial charge on any atom is 0.238 e. The van der Waals surface area contributed by atoms with Gasteiger partial charge in [0.15, 0.2) is 0 Å². The molecule has 4 N–H and O–H groups in total. The number of fused-ring (bicyclic) bond motifs is 1. The van der Waals surface area contributed by atoms with Crippen molar-refractivity contribution >= 4 is 26.6 Å². The highest BCUT2D eigenvalue weighted by molar-refractivity contribution is 7.89. The summed E-state index contributed by atoms with van der Waals surface area (Å²) >= 11 is 0. The zero-order valence-electron chi connectivity index (χ0n) is 11.1. The Hall–Kier alpha value is -2.38. The van der Waals surface area contributed by atoms with Crippen LogP contribution in [0.4, 0.5) is 5.69 Å². The fourth-order valence-corrected chi connectivity index (χ4v) is 2.62. The lowest BCUT2D eigenvalue weighted by atomic mass is 10.2. The van der Waals surface area contributed by atoms with E-state index in [-0.39, 0.29) is 4.90 Å². The molecule has 6 nitrogen and oxygen atoms in total. The molecule has 7 heteroatoms. The average Bonchev–Trinajstić information content (AvgIpc) is 2.88. The van der Waals surface area contributed by atoms with Gasteiger partial charge in [0.25, 0.3) is 0 Å². The van der Waals surface area contributed by atoms with Gasteiger partial charge in [-0.3, -0.25) is 5.10 Å². The first-order valence-corrected chi connectivity index (χ1v) is 7.87. The molecule has 1 heterocycles. The van der Waals surface area contributed by atoms with Crippen LogP contribution in [-0.2, 0) is 16.6 Å². The topological polar surface area (TPSA) is 101 Å². The van der Waals surface area contributed by atoms with Crippen molar-refractivity contribution in [2.45, 2.75) is 11.4 Å². The van der Waals surface area contributed by atoms with Crippen LogP contribution in [0.2, 0.25) is 0 Å². The Morgan fingerprint density at radius 2 is 1.81 bits per heavy atom. The fourth-order valence-electron chi connectivity index (χ4n) is 2.10. The minimum Gasteiger partial charge on any atom is -0.379 e. The molecule has 0 spiro atoms. The Balaban J connectivity index is 1.76. The van der Waals surface area contributed by atoms with E-state index in [9.17, 15) is 8.42 Å². The van der Waals surface area contributed by atoms with Gasteiger partial charge in [-0.15, -0.1) is 0 Å². The second-order valence-corrected chi connectivity index (χ2v) is 6.20. The van der Waals surface area contributed by atoms with Crippen LogP contribution in [-0.4, -0.2) is 18.6 Å². The molecule has 0 aliphatic heterocycles. The maximum absolute atomic E-state index is 11.2. The van der Waals surface area contributed by atoms with E-state index in [0.717, 1.165) is 22.3 Å². The second kappa shape index (κ2) is 5.19. The first-order chi connectivity index (χ1) is 10.0. The molecule has 0 saturated heterocycles. The van der Waals surface area contributed by atoms with Crippen molar-refractivity contribution in [3.8, 4) is 0 Å². The van der Waals surface area contributed by atoms with Gasteiger partial charge in [0, 0.05) is 11.1 Å². The van der Waals surface area contributed by atoms with Crippen molar-refractivity contribution < 1.29 is 8.42 Å². The molecule has 108 valence electrons. The molecule has 0 bridgehead atoms. The summed E-state index contributed by atoms with van der Waals surface area (Å²) < 4.78 is 22.4. The average molecular weight is 302 g/mol. The zero-order valence-corrected chi connectivity index (χ0v) is 11.9. The van der Waals surface area contributed by atoms with Crippen molar-refractivity contribution in [3.05, 3.63) is 54.2 Å². The van der Waals surface area contributed by atoms with E-state index >= 15 is 0 Å². The summed E-state index contributed by atoms with van der Waals surface area (Å²) in [5, 5.41) is 16.5. The molecule has 21 heavy (non-hydrogen) atoms. The number of hydrogen-bond donors (Lipinski definition) is 3. The van der Waals surface area contributed by atoms with E-state index in [2.05, 4.69) is 15.5 Å². The molecule has 0 saturated carbocycles. The van der Waals surface area contributed by atoms with Crippen LogP contribution >= 0.6 is 0 Å². The number of aromatic nitrogens is 2. The summed E-state index contributed by atoms with van der Waals surface area (Å²) in [4.78, 5) is 0.0973. The van der Waals surface area contributed by atoms with E-state index in [1.165, 1.54) is 12.1 Å². The zero-order chi connectivity index (χ0) is 14.9. The Labute approximate surface area is 122 Å². The molecule has 0 amide bonds. The van der Waals surface area contributed by atoms with E-state index < -0.39 is 10.0 Å². The van der Waals surface area contributed by atoms with Gasteiger partial charge in [-0.2, -0.15) is 5.10 Å². The summed E-state index contributed by atoms with van der Waals surface area (Å²) in [7, 11) is -3.65. The number of rotatable bonds is 4. The second-order valence-electron chi connectivity index (χ2n) is 4.64. The van der Waals surface area contributed by atoms with E-state index in [1.807, 2.05) is 24.3 Å². The van der Waals surface area contributed by atoms with Crippen LogP contribution in [0.1, 0.15) is 5.69 Å². The predicted octanol–water partition coefficient (Wildman–Crippen LogP) is 1.82. The van der Waals surface area contributed by atoms with Crippen LogP contribution < -0.4 is 10.5 Å². The molecular formula is C14H14N4O2S. The lowest BCUT2D eigenvalue weighted by Gasteiger charge is -2.06. The number of aromatic amines is 1. The standard InChI is InChI=1S/C14H14N4O2S/c15-21(19,20)11-7-5-10(6-8-11)16-9-14-12-3-1-2-4-13(12)17-18-14/h1-8,16H,9H2,(H,17,18)(H2,15,19,20). The Morgan fingerprint density at radius 1 is 1.10 bits per heavy atom. The third-order valence-electron chi connectivity index (χ3n) is 3.19. The van der Waals surface area contributed by atoms with Gasteiger partial charge in [-0.1, -0.05) is 18.2 Å². The molecule has 0 unspecified atom stereocenters. The predicted molar refractivity (Wildman–Crippen MR) is 81.2 cm³/mol. The SMILES string of the molecule is NS(=O)(=O)c1ccc(NCc2[nH]nc3ccccc23)cc1. The summed E-state index contributed by atoms with van der Waals surface area (Å²) in [6.07, 6.45) is 0. The highest BCUT2D eigenvalue weighted by Crippen LogP contribution is 2.17. The van der Waals surface area contributed by atoms with Crippen LogP contribution in [0.3, 0.4) is 0 Å². The van der Waals surface area contributed by atoms with Crippen molar-refractivity contribution in [2.24, 2.45) is 5.14 Å². The number of para-hydroxylation sites is 1. The van der Waals surface area contributed by atoms with Crippen LogP contribution in [0.5, 0.6) is 0 Å². The Kier molecular flexibility index (Phi) is 3.36. The summed E-state index contributed by atoms with van der Waals surface area (Å²) in [5.41, 5.74) is 2.70. The summed E-state index contributed by atoms with van der Waals surface area (Å²) in [6.45, 7) is 0.565. The number of nitrogens with two attached hydrogens (primary N) is 1. The van der Waals surface area contributed by atoms with Crippen molar-refractivity contribution in [1.29, 1.82) is 0 Å². The lowest BCUT2D eigenvalue weighted by molar-refractivity contribution is 0.598. The molecule has 1 aromatic heterocycles. The molecule has 0 atom stereocenters. The minimum absolute atomic E-state index is 0.0973. The van der Waals surface area contributed by atoms with Gasteiger partial charge in [-0.25, -0.2) is 13.6 Å². The molecule has 3 aromatic rings. The van der Waals surface area contributed by atoms with E-state index in [4.69, 9.17) is 5.14 Å². The third-order valence-corrected chi connectivity index (χ3v) is 4.12. The van der Waals surface area contributed by atoms with E-state index in [0.29, 0.717) is 6.54 Å². The number of benzene rings is 2. The normalized spacial score (nSPS) is 11.7. The number of H-pyrrole nitrogens is 1. The summed E-state index contributed by atoms with van der Waals surface area (Å²) in [5.74, 6) is 0. The van der Waals surface area contributed by atoms with Gasteiger partial charge in [0.05, 0.1) is 22.7 Å². The van der Waals surface area contributed by atoms with Crippen LogP contribution in [0.25, 0.3) is 10.9 Å².